The van der Waals surface area contributed by atoms with Crippen LogP contribution in [0.1, 0.15) is 27.0 Å². The number of halogens is 1. The fourth-order valence-corrected chi connectivity index (χ4v) is 5.68. The van der Waals surface area contributed by atoms with Gasteiger partial charge in [0.15, 0.2) is 11.3 Å². The van der Waals surface area contributed by atoms with Crippen LogP contribution in [-0.2, 0) is 27.7 Å². The first-order valence-electron chi connectivity index (χ1n) is 8.93. The van der Waals surface area contributed by atoms with Gasteiger partial charge >= 0.3 is 13.5 Å². The van der Waals surface area contributed by atoms with E-state index in [2.05, 4.69) is 4.98 Å². The van der Waals surface area contributed by atoms with Crippen LogP contribution < -0.4 is 11.2 Å². The average molecular weight is 469 g/mol. The molecule has 2 aliphatic rings. The molecule has 0 unspecified atom stereocenters. The van der Waals surface area contributed by atoms with Crippen LogP contribution in [0.4, 0.5) is 0 Å². The maximum Gasteiger partial charge on any atom is 0.475 e. The molecule has 1 aromatic heterocycles. The highest BCUT2D eigenvalue weighted by molar-refractivity contribution is 8.13. The number of carbonyl (C=O) groups is 1. The summed E-state index contributed by atoms with van der Waals surface area (Å²) in [6, 6.07) is 1.17. The van der Waals surface area contributed by atoms with Crippen molar-refractivity contribution in [1.82, 2.24) is 9.55 Å². The summed E-state index contributed by atoms with van der Waals surface area (Å²) in [5, 5.41) is 0.00383. The molecule has 0 amide bonds. The number of carbonyl (C=O) groups excluding carboxylic acids is 1. The lowest BCUT2D eigenvalue weighted by Crippen LogP contribution is -2.45. The first-order chi connectivity index (χ1) is 13.5. The molecule has 0 saturated carbocycles. The first kappa shape index (κ1) is 22.7. The topological polar surface area (TPSA) is 126 Å². The van der Waals surface area contributed by atoms with Crippen molar-refractivity contribution in [2.24, 2.45) is 5.92 Å². The predicted molar refractivity (Wildman–Crippen MR) is 106 cm³/mol. The Bertz CT molecular complexity index is 932. The minimum absolute atomic E-state index is 0.00383. The predicted octanol–water partition coefficient (Wildman–Crippen LogP) is 1.89. The number of alkyl halides is 1. The molecule has 13 heteroatoms. The molecule has 0 spiro atoms. The van der Waals surface area contributed by atoms with Crippen molar-refractivity contribution < 1.29 is 27.7 Å². The Morgan fingerprint density at radius 2 is 2.24 bits per heavy atom. The Balaban J connectivity index is 1.68. The van der Waals surface area contributed by atoms with Gasteiger partial charge in [-0.1, -0.05) is 25.6 Å². The number of phosphoric ester groups is 1. The maximum absolute atomic E-state index is 12.8. The average Bonchev–Trinajstić information content (AvgIpc) is 2.89. The quantitative estimate of drug-likeness (QED) is 0.378. The number of nitrogens with one attached hydrogen (secondary N) is 1. The third kappa shape index (κ3) is 4.87. The molecule has 0 aliphatic carbocycles. The van der Waals surface area contributed by atoms with E-state index in [0.717, 1.165) is 16.3 Å². The van der Waals surface area contributed by atoms with Crippen LogP contribution in [0.15, 0.2) is 21.9 Å². The van der Waals surface area contributed by atoms with Crippen molar-refractivity contribution >= 4 is 36.3 Å². The van der Waals surface area contributed by atoms with E-state index >= 15 is 0 Å². The highest BCUT2D eigenvalue weighted by Crippen LogP contribution is 2.59. The van der Waals surface area contributed by atoms with Gasteiger partial charge in [0.2, 0.25) is 0 Å². The minimum atomic E-state index is -3.92. The van der Waals surface area contributed by atoms with E-state index in [9.17, 15) is 18.9 Å². The Morgan fingerprint density at radius 1 is 1.52 bits per heavy atom. The first-order valence-corrected chi connectivity index (χ1v) is 11.8. The maximum atomic E-state index is 12.8. The second-order valence-corrected chi connectivity index (χ2v) is 10.7. The summed E-state index contributed by atoms with van der Waals surface area (Å²) in [5.41, 5.74) is -1.25. The largest absolute Gasteiger partial charge is 0.475 e. The molecular formula is C16H22ClN2O8PS. The van der Waals surface area contributed by atoms with Gasteiger partial charge < -0.3 is 4.74 Å². The number of hydrogen-bond donors (Lipinski definition) is 1. The number of aromatic nitrogens is 2. The Morgan fingerprint density at radius 3 is 2.90 bits per heavy atom. The normalized spacial score (nSPS) is 34.3. The molecule has 0 radical (unpaired) electrons. The van der Waals surface area contributed by atoms with Crippen molar-refractivity contribution in [2.75, 3.05) is 19.0 Å². The Labute approximate surface area is 175 Å². The number of phosphoric acid groups is 1. The van der Waals surface area contributed by atoms with Crippen LogP contribution in [0.25, 0.3) is 0 Å². The van der Waals surface area contributed by atoms with Crippen LogP contribution >= 0.6 is 31.2 Å². The molecule has 0 bridgehead atoms. The van der Waals surface area contributed by atoms with Gasteiger partial charge in [-0.25, -0.2) is 9.36 Å². The molecule has 2 fully saturated rings. The monoisotopic (exact) mass is 468 g/mol. The summed E-state index contributed by atoms with van der Waals surface area (Å²) >= 11 is 7.71. The van der Waals surface area contributed by atoms with E-state index in [0.29, 0.717) is 5.75 Å². The van der Waals surface area contributed by atoms with Gasteiger partial charge in [0, 0.05) is 23.9 Å². The zero-order valence-corrected chi connectivity index (χ0v) is 18.5. The minimum Gasteiger partial charge on any atom is -0.347 e. The van der Waals surface area contributed by atoms with Gasteiger partial charge in [-0.2, -0.15) is 0 Å². The summed E-state index contributed by atoms with van der Waals surface area (Å²) in [5.74, 6) is 0.186. The van der Waals surface area contributed by atoms with Crippen LogP contribution in [0, 0.1) is 5.92 Å². The molecule has 3 heterocycles. The summed E-state index contributed by atoms with van der Waals surface area (Å²) in [7, 11) is -3.92. The van der Waals surface area contributed by atoms with E-state index < -0.39 is 42.4 Å². The zero-order valence-electron chi connectivity index (χ0n) is 16.0. The number of fused-ring (bicyclic) bond motifs is 1. The van der Waals surface area contributed by atoms with Gasteiger partial charge in [-0.05, 0) is 6.92 Å². The number of H-pyrrole nitrogens is 1. The van der Waals surface area contributed by atoms with E-state index in [1.54, 1.807) is 20.8 Å². The lowest BCUT2D eigenvalue weighted by Gasteiger charge is -2.34. The highest BCUT2D eigenvalue weighted by Gasteiger charge is 2.60. The van der Waals surface area contributed by atoms with E-state index in [1.807, 2.05) is 0 Å². The van der Waals surface area contributed by atoms with Crippen LogP contribution in [0.2, 0.25) is 0 Å². The molecule has 2 saturated heterocycles. The SMILES string of the molecule is CC(C)C(=O)SCCO[P@]1(=O)OC[C@H]2O[C@@H](n3ccc(=O)[nH]c3=O)[C@](C)(Cl)[C@@H]2O1. The number of aromatic amines is 1. The van der Waals surface area contributed by atoms with Gasteiger partial charge in [0.25, 0.3) is 5.56 Å². The fourth-order valence-electron chi connectivity index (χ4n) is 2.98. The number of ether oxygens (including phenoxy) is 1. The van der Waals surface area contributed by atoms with E-state index in [1.165, 1.54) is 12.3 Å². The molecule has 2 aliphatic heterocycles. The second-order valence-electron chi connectivity index (χ2n) is 7.12. The van der Waals surface area contributed by atoms with Gasteiger partial charge in [-0.15, -0.1) is 11.6 Å². The molecule has 3 rings (SSSR count). The third-order valence-electron chi connectivity index (χ3n) is 4.47. The number of thioether (sulfide) groups is 1. The van der Waals surface area contributed by atoms with Crippen LogP contribution in [0.3, 0.4) is 0 Å². The third-order valence-corrected chi connectivity index (χ3v) is 7.45. The van der Waals surface area contributed by atoms with E-state index in [-0.39, 0.29) is 24.2 Å². The van der Waals surface area contributed by atoms with Gasteiger partial charge in [0.05, 0.1) is 13.2 Å². The van der Waals surface area contributed by atoms with Crippen LogP contribution in [0.5, 0.6) is 0 Å². The second kappa shape index (κ2) is 8.66. The molecule has 29 heavy (non-hydrogen) atoms. The zero-order chi connectivity index (χ0) is 21.4. The molecule has 162 valence electrons. The summed E-state index contributed by atoms with van der Waals surface area (Å²) in [4.78, 5) is 35.9. The molecular weight excluding hydrogens is 447 g/mol. The Kier molecular flexibility index (Phi) is 6.79. The highest BCUT2D eigenvalue weighted by atomic mass is 35.5. The van der Waals surface area contributed by atoms with E-state index in [4.69, 9.17) is 29.9 Å². The molecule has 1 aromatic rings. The number of hydrogen-bond acceptors (Lipinski definition) is 9. The van der Waals surface area contributed by atoms with Crippen molar-refractivity contribution in [3.63, 3.8) is 0 Å². The number of nitrogens with zero attached hydrogens (tertiary/aromatic N) is 1. The lowest BCUT2D eigenvalue weighted by atomic mass is 10.0. The standard InChI is InChI=1S/C16H22ClN2O8PS/c1-9(2)13(21)29-7-6-24-28(23)25-8-10-12(27-28)16(3,17)14(26-10)19-5-4-11(20)18-15(19)22/h4-5,9-10,12,14H,6-8H2,1-3H3,(H,18,20,22)/t10-,12-,14-,16-,28-/m1/s1. The van der Waals surface area contributed by atoms with Crippen molar-refractivity contribution in [2.45, 2.75) is 44.1 Å². The lowest BCUT2D eigenvalue weighted by molar-refractivity contribution is -0.113. The van der Waals surface area contributed by atoms with Gasteiger partial charge in [-0.3, -0.25) is 32.7 Å². The van der Waals surface area contributed by atoms with Crippen molar-refractivity contribution in [3.05, 3.63) is 33.1 Å². The van der Waals surface area contributed by atoms with Crippen molar-refractivity contribution in [1.29, 1.82) is 0 Å². The molecule has 0 aromatic carbocycles. The van der Waals surface area contributed by atoms with Gasteiger partial charge in [0.1, 0.15) is 17.1 Å². The smallest absolute Gasteiger partial charge is 0.347 e. The molecule has 5 atom stereocenters. The Hall–Kier alpha value is -0.940. The molecule has 1 N–H and O–H groups in total. The summed E-state index contributed by atoms with van der Waals surface area (Å²) in [6.45, 7) is 5.03. The fraction of sp³-hybridized carbons (Fsp3) is 0.688. The number of rotatable bonds is 6. The summed E-state index contributed by atoms with van der Waals surface area (Å²) in [6.07, 6.45) is -1.30. The summed E-state index contributed by atoms with van der Waals surface area (Å²) < 4.78 is 35.8. The van der Waals surface area contributed by atoms with Crippen molar-refractivity contribution in [3.8, 4) is 0 Å². The van der Waals surface area contributed by atoms with Crippen LogP contribution in [-0.4, -0.2) is 50.7 Å². The molecule has 10 nitrogen and oxygen atoms in total.